The lowest BCUT2D eigenvalue weighted by atomic mass is 9.96. The number of rotatable bonds is 6. The summed E-state index contributed by atoms with van der Waals surface area (Å²) in [4.78, 5) is 23.9. The highest BCUT2D eigenvalue weighted by atomic mass is 32.1. The van der Waals surface area contributed by atoms with Gasteiger partial charge in [-0.05, 0) is 36.6 Å². The summed E-state index contributed by atoms with van der Waals surface area (Å²) in [6.45, 7) is 1.04. The highest BCUT2D eigenvalue weighted by molar-refractivity contribution is 7.09. The van der Waals surface area contributed by atoms with Crippen LogP contribution >= 0.6 is 11.3 Å². The van der Waals surface area contributed by atoms with E-state index in [1.54, 1.807) is 11.3 Å². The number of carboxylic acid groups (broad SMARTS) is 1. The lowest BCUT2D eigenvalue weighted by molar-refractivity contribution is -0.142. The van der Waals surface area contributed by atoms with Gasteiger partial charge in [-0.25, -0.2) is 4.79 Å². The van der Waals surface area contributed by atoms with Gasteiger partial charge in [-0.1, -0.05) is 12.5 Å². The summed E-state index contributed by atoms with van der Waals surface area (Å²) in [5, 5.41) is 16.7. The van der Waals surface area contributed by atoms with Crippen molar-refractivity contribution < 1.29 is 14.7 Å². The molecule has 0 saturated heterocycles. The van der Waals surface area contributed by atoms with Gasteiger partial charge >= 0.3 is 12.0 Å². The Balaban J connectivity index is 1.63. The predicted molar refractivity (Wildman–Crippen MR) is 77.9 cm³/mol. The van der Waals surface area contributed by atoms with Crippen LogP contribution in [-0.2, 0) is 11.2 Å². The summed E-state index contributed by atoms with van der Waals surface area (Å²) in [5.74, 6) is -0.982. The zero-order valence-electron chi connectivity index (χ0n) is 11.3. The molecule has 2 rings (SSSR count). The zero-order valence-corrected chi connectivity index (χ0v) is 12.1. The smallest absolute Gasteiger partial charge is 0.314 e. The molecule has 5 nitrogen and oxygen atoms in total. The van der Waals surface area contributed by atoms with Crippen molar-refractivity contribution in [2.24, 2.45) is 11.8 Å². The molecule has 1 aromatic heterocycles. The van der Waals surface area contributed by atoms with E-state index in [0.717, 1.165) is 25.7 Å². The fraction of sp³-hybridized carbons (Fsp3) is 0.571. The van der Waals surface area contributed by atoms with Gasteiger partial charge in [0.15, 0.2) is 0 Å². The summed E-state index contributed by atoms with van der Waals surface area (Å²) in [6, 6.07) is 3.82. The zero-order chi connectivity index (χ0) is 14.4. The topological polar surface area (TPSA) is 78.4 Å². The number of carboxylic acids is 1. The van der Waals surface area contributed by atoms with Crippen molar-refractivity contribution in [3.05, 3.63) is 22.4 Å². The van der Waals surface area contributed by atoms with E-state index < -0.39 is 5.97 Å². The minimum absolute atomic E-state index is 0.0653. The van der Waals surface area contributed by atoms with Gasteiger partial charge < -0.3 is 15.7 Å². The van der Waals surface area contributed by atoms with Crippen LogP contribution in [0, 0.1) is 11.8 Å². The largest absolute Gasteiger partial charge is 0.481 e. The molecule has 1 fully saturated rings. The van der Waals surface area contributed by atoms with Crippen molar-refractivity contribution >= 4 is 23.3 Å². The van der Waals surface area contributed by atoms with Gasteiger partial charge in [0.2, 0.25) is 0 Å². The Hall–Kier alpha value is -1.56. The highest BCUT2D eigenvalue weighted by Crippen LogP contribution is 2.31. The fourth-order valence-electron chi connectivity index (χ4n) is 2.65. The van der Waals surface area contributed by atoms with Crippen LogP contribution in [0.2, 0.25) is 0 Å². The third kappa shape index (κ3) is 4.23. The second-order valence-corrected chi connectivity index (χ2v) is 6.13. The summed E-state index contributed by atoms with van der Waals surface area (Å²) in [6.07, 6.45) is 3.36. The van der Waals surface area contributed by atoms with Gasteiger partial charge in [0.05, 0.1) is 5.92 Å². The standard InChI is InChI=1S/C14H20N2O3S/c17-13(18)12-5-1-3-10(12)9-16-14(19)15-7-6-11-4-2-8-20-11/h2,4,8,10,12H,1,3,5-7,9H2,(H,17,18)(H2,15,16,19). The summed E-state index contributed by atoms with van der Waals surface area (Å²) >= 11 is 1.67. The first-order chi connectivity index (χ1) is 9.66. The molecule has 0 spiro atoms. The molecule has 2 atom stereocenters. The Bertz CT molecular complexity index is 447. The molecule has 1 saturated carbocycles. The Morgan fingerprint density at radius 1 is 1.35 bits per heavy atom. The van der Waals surface area contributed by atoms with Crippen LogP contribution in [0.25, 0.3) is 0 Å². The first-order valence-electron chi connectivity index (χ1n) is 6.93. The van der Waals surface area contributed by atoms with E-state index in [-0.39, 0.29) is 17.9 Å². The maximum atomic E-state index is 11.6. The molecule has 0 aliphatic heterocycles. The second kappa shape index (κ2) is 7.28. The first-order valence-corrected chi connectivity index (χ1v) is 7.81. The van der Waals surface area contributed by atoms with Gasteiger partial charge in [0.1, 0.15) is 0 Å². The maximum absolute atomic E-state index is 11.6. The van der Waals surface area contributed by atoms with E-state index >= 15 is 0 Å². The lowest BCUT2D eigenvalue weighted by Crippen LogP contribution is -2.40. The SMILES string of the molecule is O=C(NCCc1cccs1)NCC1CCCC1C(=O)O. The molecule has 1 heterocycles. The van der Waals surface area contributed by atoms with Crippen molar-refractivity contribution in [3.63, 3.8) is 0 Å². The van der Waals surface area contributed by atoms with Crippen LogP contribution in [0.1, 0.15) is 24.1 Å². The van der Waals surface area contributed by atoms with Crippen molar-refractivity contribution in [2.75, 3.05) is 13.1 Å². The molecular formula is C14H20N2O3S. The van der Waals surface area contributed by atoms with Gasteiger partial charge in [0, 0.05) is 18.0 Å². The Morgan fingerprint density at radius 3 is 2.90 bits per heavy atom. The lowest BCUT2D eigenvalue weighted by Gasteiger charge is -2.16. The van der Waals surface area contributed by atoms with Crippen LogP contribution in [0.15, 0.2) is 17.5 Å². The van der Waals surface area contributed by atoms with Gasteiger partial charge in [-0.3, -0.25) is 4.79 Å². The molecule has 0 aromatic carbocycles. The Morgan fingerprint density at radius 2 is 2.20 bits per heavy atom. The number of thiophene rings is 1. The molecule has 0 bridgehead atoms. The maximum Gasteiger partial charge on any atom is 0.314 e. The average Bonchev–Trinajstić information content (AvgIpc) is 3.07. The van der Waals surface area contributed by atoms with Crippen LogP contribution in [0.4, 0.5) is 4.79 Å². The van der Waals surface area contributed by atoms with Crippen LogP contribution < -0.4 is 10.6 Å². The van der Waals surface area contributed by atoms with E-state index in [0.29, 0.717) is 13.1 Å². The minimum atomic E-state index is -0.743. The van der Waals surface area contributed by atoms with Crippen molar-refractivity contribution in [3.8, 4) is 0 Å². The molecule has 2 amide bonds. The number of carbonyl (C=O) groups is 2. The molecule has 6 heteroatoms. The molecule has 0 radical (unpaired) electrons. The molecule has 110 valence electrons. The van der Waals surface area contributed by atoms with E-state index in [1.807, 2.05) is 17.5 Å². The summed E-state index contributed by atoms with van der Waals surface area (Å²) < 4.78 is 0. The van der Waals surface area contributed by atoms with Gasteiger partial charge in [-0.2, -0.15) is 0 Å². The number of nitrogens with one attached hydrogen (secondary N) is 2. The van der Waals surface area contributed by atoms with Crippen LogP contribution in [0.5, 0.6) is 0 Å². The van der Waals surface area contributed by atoms with Crippen molar-refractivity contribution in [2.45, 2.75) is 25.7 Å². The van der Waals surface area contributed by atoms with Crippen molar-refractivity contribution in [1.29, 1.82) is 0 Å². The van der Waals surface area contributed by atoms with Crippen LogP contribution in [-0.4, -0.2) is 30.2 Å². The third-order valence-electron chi connectivity index (χ3n) is 3.74. The normalized spacial score (nSPS) is 21.6. The average molecular weight is 296 g/mol. The molecule has 20 heavy (non-hydrogen) atoms. The molecule has 1 aliphatic rings. The molecule has 1 aliphatic carbocycles. The monoisotopic (exact) mass is 296 g/mol. The fourth-order valence-corrected chi connectivity index (χ4v) is 3.36. The highest BCUT2D eigenvalue weighted by Gasteiger charge is 2.32. The summed E-state index contributed by atoms with van der Waals surface area (Å²) in [7, 11) is 0. The number of aliphatic carboxylic acids is 1. The number of hydrogen-bond acceptors (Lipinski definition) is 3. The minimum Gasteiger partial charge on any atom is -0.481 e. The summed E-state index contributed by atoms with van der Waals surface area (Å²) in [5.41, 5.74) is 0. The Kier molecular flexibility index (Phi) is 5.40. The quantitative estimate of drug-likeness (QED) is 0.752. The van der Waals surface area contributed by atoms with E-state index in [1.165, 1.54) is 4.88 Å². The molecular weight excluding hydrogens is 276 g/mol. The van der Waals surface area contributed by atoms with Crippen LogP contribution in [0.3, 0.4) is 0 Å². The number of amides is 2. The van der Waals surface area contributed by atoms with Gasteiger partial charge in [0.25, 0.3) is 0 Å². The van der Waals surface area contributed by atoms with E-state index in [4.69, 9.17) is 5.11 Å². The van der Waals surface area contributed by atoms with E-state index in [2.05, 4.69) is 10.6 Å². The van der Waals surface area contributed by atoms with E-state index in [9.17, 15) is 9.59 Å². The Labute approximate surface area is 122 Å². The molecule has 2 unspecified atom stereocenters. The van der Waals surface area contributed by atoms with Crippen molar-refractivity contribution in [1.82, 2.24) is 10.6 Å². The third-order valence-corrected chi connectivity index (χ3v) is 4.67. The van der Waals surface area contributed by atoms with Gasteiger partial charge in [-0.15, -0.1) is 11.3 Å². The second-order valence-electron chi connectivity index (χ2n) is 5.10. The number of carbonyl (C=O) groups excluding carboxylic acids is 1. The number of urea groups is 1. The molecule has 1 aromatic rings. The molecule has 3 N–H and O–H groups in total. The predicted octanol–water partition coefficient (Wildman–Crippen LogP) is 2.09. The number of hydrogen-bond donors (Lipinski definition) is 3. The first kappa shape index (κ1) is 14.8.